The maximum atomic E-state index is 17.3. The number of unbranched alkanes of at least 4 members (excludes halogenated alkanes) is 18. The third-order valence-corrected chi connectivity index (χ3v) is 14.2. The quantitative estimate of drug-likeness (QED) is 0.0362. The number of benzene rings is 6. The van der Waals surface area contributed by atoms with Gasteiger partial charge in [-0.2, -0.15) is 0 Å². The lowest BCUT2D eigenvalue weighted by Crippen LogP contribution is -2.06. The summed E-state index contributed by atoms with van der Waals surface area (Å²) in [5, 5.41) is 6.35. The molecule has 0 amide bonds. The molecular formula is C54H62Br2F2. The van der Waals surface area contributed by atoms with Crippen molar-refractivity contribution >= 4 is 74.9 Å². The highest BCUT2D eigenvalue weighted by atomic mass is 79.9. The maximum Gasteiger partial charge on any atom is 0.143 e. The Hall–Kier alpha value is -3.26. The zero-order valence-electron chi connectivity index (χ0n) is 35.0. The molecule has 0 aliphatic heterocycles. The summed E-state index contributed by atoms with van der Waals surface area (Å²) in [6.07, 6.45) is 25.9. The van der Waals surface area contributed by atoms with Crippen molar-refractivity contribution in [3.8, 4) is 11.8 Å². The van der Waals surface area contributed by atoms with Crippen LogP contribution in [-0.4, -0.2) is 0 Å². The monoisotopic (exact) mass is 906 g/mol. The lowest BCUT2D eigenvalue weighted by Gasteiger charge is -2.19. The van der Waals surface area contributed by atoms with Crippen LogP contribution in [0.2, 0.25) is 0 Å². The second-order valence-electron chi connectivity index (χ2n) is 16.6. The molecule has 0 saturated carbocycles. The molecule has 0 heterocycles. The van der Waals surface area contributed by atoms with Crippen LogP contribution >= 0.6 is 31.9 Å². The summed E-state index contributed by atoms with van der Waals surface area (Å²) in [7, 11) is 0. The fourth-order valence-electron chi connectivity index (χ4n) is 8.85. The molecule has 0 fully saturated rings. The lowest BCUT2D eigenvalue weighted by molar-refractivity contribution is 0.547. The summed E-state index contributed by atoms with van der Waals surface area (Å²) in [6.45, 7) is 4.53. The van der Waals surface area contributed by atoms with Gasteiger partial charge in [0, 0.05) is 30.8 Å². The highest BCUT2D eigenvalue weighted by Crippen LogP contribution is 2.41. The Morgan fingerprint density at radius 3 is 1.57 bits per heavy atom. The molecule has 0 N–H and O–H groups in total. The Kier molecular flexibility index (Phi) is 17.5. The minimum atomic E-state index is -0.521. The molecule has 0 nitrogen and oxygen atoms in total. The Labute approximate surface area is 364 Å². The molecule has 6 rings (SSSR count). The summed E-state index contributed by atoms with van der Waals surface area (Å²) in [5.74, 6) is 6.27. The van der Waals surface area contributed by atoms with E-state index in [1.165, 1.54) is 107 Å². The van der Waals surface area contributed by atoms with Gasteiger partial charge in [-0.05, 0) is 126 Å². The van der Waals surface area contributed by atoms with Crippen molar-refractivity contribution in [3.63, 3.8) is 0 Å². The summed E-state index contributed by atoms with van der Waals surface area (Å²) in [6, 6.07) is 25.0. The van der Waals surface area contributed by atoms with E-state index in [0.29, 0.717) is 27.2 Å². The lowest BCUT2D eigenvalue weighted by atomic mass is 9.86. The number of fused-ring (bicyclic) bond motifs is 4. The second kappa shape index (κ2) is 22.9. The van der Waals surface area contributed by atoms with Gasteiger partial charge >= 0.3 is 0 Å². The zero-order valence-corrected chi connectivity index (χ0v) is 38.2. The molecule has 0 aromatic heterocycles. The normalized spacial score (nSPS) is 11.6. The summed E-state index contributed by atoms with van der Waals surface area (Å²) >= 11 is 7.19. The van der Waals surface area contributed by atoms with Crippen molar-refractivity contribution in [1.29, 1.82) is 0 Å². The predicted molar refractivity (Wildman–Crippen MR) is 255 cm³/mol. The first kappa shape index (κ1) is 44.3. The zero-order chi connectivity index (χ0) is 40.7. The van der Waals surface area contributed by atoms with Crippen LogP contribution in [-0.2, 0) is 12.8 Å². The van der Waals surface area contributed by atoms with E-state index in [0.717, 1.165) is 75.8 Å². The first-order valence-corrected chi connectivity index (χ1v) is 24.2. The maximum absolute atomic E-state index is 17.3. The molecule has 6 aromatic rings. The van der Waals surface area contributed by atoms with Crippen LogP contribution < -0.4 is 0 Å². The van der Waals surface area contributed by atoms with Crippen LogP contribution in [0.4, 0.5) is 8.78 Å². The highest BCUT2D eigenvalue weighted by Gasteiger charge is 2.24. The third-order valence-electron chi connectivity index (χ3n) is 12.2. The van der Waals surface area contributed by atoms with Crippen molar-refractivity contribution in [2.45, 2.75) is 155 Å². The summed E-state index contributed by atoms with van der Waals surface area (Å²) in [5.41, 5.74) is 3.36. The van der Waals surface area contributed by atoms with Crippen LogP contribution in [0.5, 0.6) is 0 Å². The van der Waals surface area contributed by atoms with Gasteiger partial charge in [0.1, 0.15) is 11.6 Å². The third kappa shape index (κ3) is 11.3. The van der Waals surface area contributed by atoms with Crippen LogP contribution in [0.1, 0.15) is 165 Å². The summed E-state index contributed by atoms with van der Waals surface area (Å²) in [4.78, 5) is 0. The molecule has 0 aliphatic rings. The van der Waals surface area contributed by atoms with Crippen LogP contribution in [0.3, 0.4) is 0 Å². The van der Waals surface area contributed by atoms with Gasteiger partial charge in [0.2, 0.25) is 0 Å². The van der Waals surface area contributed by atoms with E-state index in [-0.39, 0.29) is 5.39 Å². The highest BCUT2D eigenvalue weighted by molar-refractivity contribution is 9.13. The van der Waals surface area contributed by atoms with Crippen LogP contribution in [0.15, 0.2) is 81.7 Å². The standard InChI is InChI=1S/C54H62Br2F2/c1-3-5-7-9-11-13-15-17-19-21-30-44-45(34-32-39-28-25-29-42-36-40-26-23-24-27-41(40)37-47(39)42)48-38-43-33-35-49(55)52(56)50(43)54(58)51(48)53(57)46(44)31-22-20-18-16-14-12-10-8-6-4-2/h23-29,33,35-38H,3-22,30-31H2,1-2H3. The van der Waals surface area contributed by atoms with Gasteiger partial charge in [-0.1, -0.05) is 184 Å². The van der Waals surface area contributed by atoms with E-state index in [2.05, 4.69) is 112 Å². The number of hydrogen-bond donors (Lipinski definition) is 0. The van der Waals surface area contributed by atoms with Gasteiger partial charge in [0.25, 0.3) is 0 Å². The molecule has 6 aromatic carbocycles. The largest absolute Gasteiger partial charge is 0.206 e. The van der Waals surface area contributed by atoms with Crippen molar-refractivity contribution in [1.82, 2.24) is 0 Å². The minimum absolute atomic E-state index is 0.0633. The van der Waals surface area contributed by atoms with Gasteiger partial charge in [-0.15, -0.1) is 0 Å². The van der Waals surface area contributed by atoms with Crippen molar-refractivity contribution in [2.24, 2.45) is 0 Å². The Morgan fingerprint density at radius 2 is 0.966 bits per heavy atom. The molecule has 0 saturated heterocycles. The SMILES string of the molecule is CCCCCCCCCCCCc1c(CCCCCCCCCCCC)c(F)c2c(F)c3c(Br)c(Br)ccc3cc2c1C#Cc1cccc2cc3ccccc3cc12. The number of rotatable bonds is 22. The van der Waals surface area contributed by atoms with E-state index in [9.17, 15) is 0 Å². The molecule has 306 valence electrons. The molecular weight excluding hydrogens is 846 g/mol. The van der Waals surface area contributed by atoms with Gasteiger partial charge in [0.05, 0.1) is 5.39 Å². The van der Waals surface area contributed by atoms with Gasteiger partial charge in [0.15, 0.2) is 0 Å². The van der Waals surface area contributed by atoms with E-state index in [4.69, 9.17) is 0 Å². The molecule has 4 heteroatoms. The first-order chi connectivity index (χ1) is 28.4. The van der Waals surface area contributed by atoms with Gasteiger partial charge in [-0.25, -0.2) is 8.78 Å². The van der Waals surface area contributed by atoms with E-state index >= 15 is 8.78 Å². The molecule has 0 bridgehead atoms. The molecule has 58 heavy (non-hydrogen) atoms. The van der Waals surface area contributed by atoms with Crippen LogP contribution in [0, 0.1) is 23.5 Å². The van der Waals surface area contributed by atoms with E-state index in [1.54, 1.807) is 0 Å². The fourth-order valence-corrected chi connectivity index (χ4v) is 9.72. The first-order valence-electron chi connectivity index (χ1n) is 22.6. The number of hydrogen-bond acceptors (Lipinski definition) is 0. The average molecular weight is 909 g/mol. The van der Waals surface area contributed by atoms with Gasteiger partial charge < -0.3 is 0 Å². The van der Waals surface area contributed by atoms with Gasteiger partial charge in [-0.3, -0.25) is 0 Å². The Bertz CT molecular complexity index is 2350. The fraction of sp³-hybridized carbons (Fsp3) is 0.444. The minimum Gasteiger partial charge on any atom is -0.206 e. The molecule has 0 aliphatic carbocycles. The van der Waals surface area contributed by atoms with Crippen molar-refractivity contribution in [3.05, 3.63) is 116 Å². The Morgan fingerprint density at radius 1 is 0.448 bits per heavy atom. The molecule has 0 atom stereocenters. The Balaban J connectivity index is 1.38. The van der Waals surface area contributed by atoms with E-state index in [1.807, 2.05) is 18.2 Å². The molecule has 0 spiro atoms. The summed E-state index contributed by atoms with van der Waals surface area (Å²) < 4.78 is 35.7. The van der Waals surface area contributed by atoms with E-state index < -0.39 is 11.6 Å². The topological polar surface area (TPSA) is 0 Å². The smallest absolute Gasteiger partial charge is 0.143 e. The predicted octanol–water partition coefficient (Wildman–Crippen LogP) is 18.4. The second-order valence-corrected chi connectivity index (χ2v) is 18.2. The van der Waals surface area contributed by atoms with Crippen molar-refractivity contribution < 1.29 is 8.78 Å². The molecule has 0 radical (unpaired) electrons. The average Bonchev–Trinajstić information content (AvgIpc) is 3.23. The molecule has 0 unspecified atom stereocenters. The number of halogens is 4. The van der Waals surface area contributed by atoms with Crippen molar-refractivity contribution in [2.75, 3.05) is 0 Å². The van der Waals surface area contributed by atoms with Crippen LogP contribution in [0.25, 0.3) is 43.1 Å².